The van der Waals surface area contributed by atoms with Crippen molar-refractivity contribution in [2.24, 2.45) is 17.6 Å². The molecule has 3 aliphatic rings. The van der Waals surface area contributed by atoms with Gasteiger partial charge in [0.1, 0.15) is 0 Å². The van der Waals surface area contributed by atoms with Crippen LogP contribution in [0.5, 0.6) is 0 Å². The predicted octanol–water partition coefficient (Wildman–Crippen LogP) is 2.31. The van der Waals surface area contributed by atoms with Crippen LogP contribution in [-0.2, 0) is 0 Å². The van der Waals surface area contributed by atoms with Crippen molar-refractivity contribution in [1.29, 1.82) is 0 Å². The summed E-state index contributed by atoms with van der Waals surface area (Å²) < 4.78 is 0. The van der Waals surface area contributed by atoms with Gasteiger partial charge in [0, 0.05) is 25.2 Å². The third kappa shape index (κ3) is 3.55. The molecule has 3 fully saturated rings. The summed E-state index contributed by atoms with van der Waals surface area (Å²) in [4.78, 5) is 5.46. The molecule has 0 radical (unpaired) electrons. The van der Waals surface area contributed by atoms with E-state index in [1.807, 2.05) is 0 Å². The fourth-order valence-corrected chi connectivity index (χ4v) is 3.89. The van der Waals surface area contributed by atoms with Gasteiger partial charge < -0.3 is 10.6 Å². The second-order valence-electron chi connectivity index (χ2n) is 7.51. The van der Waals surface area contributed by atoms with Crippen LogP contribution >= 0.6 is 0 Å². The quantitative estimate of drug-likeness (QED) is 0.776. The van der Waals surface area contributed by atoms with Gasteiger partial charge >= 0.3 is 0 Å². The van der Waals surface area contributed by atoms with Gasteiger partial charge in [-0.2, -0.15) is 0 Å². The Morgan fingerprint density at radius 1 is 1.05 bits per heavy atom. The zero-order valence-electron chi connectivity index (χ0n) is 13.3. The Balaban J connectivity index is 1.68. The zero-order valence-corrected chi connectivity index (χ0v) is 13.3. The molecule has 0 aromatic heterocycles. The molecule has 1 saturated heterocycles. The van der Waals surface area contributed by atoms with Crippen molar-refractivity contribution in [2.45, 2.75) is 57.4 Å². The smallest absolute Gasteiger partial charge is 0.0344 e. The van der Waals surface area contributed by atoms with Crippen LogP contribution in [0, 0.1) is 11.8 Å². The average molecular weight is 279 g/mol. The van der Waals surface area contributed by atoms with Crippen molar-refractivity contribution in [3.8, 4) is 0 Å². The van der Waals surface area contributed by atoms with Crippen molar-refractivity contribution in [3.05, 3.63) is 0 Å². The van der Waals surface area contributed by atoms with E-state index < -0.39 is 0 Å². The maximum atomic E-state index is 6.33. The van der Waals surface area contributed by atoms with Gasteiger partial charge in [-0.1, -0.05) is 6.92 Å². The van der Waals surface area contributed by atoms with Gasteiger partial charge in [0.05, 0.1) is 0 Å². The van der Waals surface area contributed by atoms with Gasteiger partial charge in [0.15, 0.2) is 0 Å². The fraction of sp³-hybridized carbons (Fsp3) is 1.00. The van der Waals surface area contributed by atoms with Crippen LogP contribution in [0.4, 0.5) is 0 Å². The molecule has 3 heteroatoms. The third-order valence-electron chi connectivity index (χ3n) is 5.86. The fourth-order valence-electron chi connectivity index (χ4n) is 3.89. The van der Waals surface area contributed by atoms with E-state index in [1.165, 1.54) is 77.7 Å². The Morgan fingerprint density at radius 2 is 1.70 bits per heavy atom. The lowest BCUT2D eigenvalue weighted by molar-refractivity contribution is 0.0678. The van der Waals surface area contributed by atoms with Crippen molar-refractivity contribution in [3.63, 3.8) is 0 Å². The summed E-state index contributed by atoms with van der Waals surface area (Å²) in [6.45, 7) is 9.55. The van der Waals surface area contributed by atoms with Crippen LogP contribution in [0.3, 0.4) is 0 Å². The zero-order chi connectivity index (χ0) is 14.0. The van der Waals surface area contributed by atoms with Crippen LogP contribution in [0.1, 0.15) is 51.9 Å². The highest BCUT2D eigenvalue weighted by Gasteiger charge is 2.41. The van der Waals surface area contributed by atoms with Crippen molar-refractivity contribution >= 4 is 0 Å². The standard InChI is InChI=1S/C17H33N3/c1-2-19-10-3-8-17(14-18,9-11-19)20(12-15-4-5-15)13-16-6-7-16/h15-16H,2-14,18H2,1H3. The number of hydrogen-bond donors (Lipinski definition) is 1. The lowest BCUT2D eigenvalue weighted by Gasteiger charge is -2.44. The summed E-state index contributed by atoms with van der Waals surface area (Å²) in [7, 11) is 0. The highest BCUT2D eigenvalue weighted by Crippen LogP contribution is 2.39. The number of nitrogens with two attached hydrogens (primary N) is 1. The van der Waals surface area contributed by atoms with Gasteiger partial charge in [-0.15, -0.1) is 0 Å². The van der Waals surface area contributed by atoms with Gasteiger partial charge in [-0.3, -0.25) is 4.90 Å². The summed E-state index contributed by atoms with van der Waals surface area (Å²) in [5.41, 5.74) is 6.64. The molecular weight excluding hydrogens is 246 g/mol. The first-order valence-corrected chi connectivity index (χ1v) is 8.93. The second-order valence-corrected chi connectivity index (χ2v) is 7.51. The molecule has 0 spiro atoms. The molecule has 1 atom stereocenters. The highest BCUT2D eigenvalue weighted by atomic mass is 15.2. The van der Waals surface area contributed by atoms with E-state index in [2.05, 4.69) is 16.7 Å². The van der Waals surface area contributed by atoms with Gasteiger partial charge in [0.25, 0.3) is 0 Å². The normalized spacial score (nSPS) is 32.5. The van der Waals surface area contributed by atoms with Crippen LogP contribution in [-0.4, -0.2) is 54.6 Å². The number of hydrogen-bond acceptors (Lipinski definition) is 3. The van der Waals surface area contributed by atoms with Gasteiger partial charge in [0.2, 0.25) is 0 Å². The predicted molar refractivity (Wildman–Crippen MR) is 84.8 cm³/mol. The van der Waals surface area contributed by atoms with E-state index >= 15 is 0 Å². The number of likely N-dealkylation sites (tertiary alicyclic amines) is 1. The molecule has 0 bridgehead atoms. The molecular formula is C17H33N3. The second kappa shape index (κ2) is 6.33. The minimum atomic E-state index is 0.315. The van der Waals surface area contributed by atoms with Crippen LogP contribution < -0.4 is 5.73 Å². The summed E-state index contributed by atoms with van der Waals surface area (Å²) in [6.07, 6.45) is 9.78. The summed E-state index contributed by atoms with van der Waals surface area (Å²) >= 11 is 0. The molecule has 2 N–H and O–H groups in total. The highest BCUT2D eigenvalue weighted by molar-refractivity contribution is 4.98. The lowest BCUT2D eigenvalue weighted by Crippen LogP contribution is -2.55. The lowest BCUT2D eigenvalue weighted by atomic mass is 9.87. The molecule has 0 aromatic rings. The monoisotopic (exact) mass is 279 g/mol. The molecule has 116 valence electrons. The van der Waals surface area contributed by atoms with E-state index in [0.29, 0.717) is 5.54 Å². The first kappa shape index (κ1) is 14.8. The molecule has 0 amide bonds. The molecule has 3 nitrogen and oxygen atoms in total. The van der Waals surface area contributed by atoms with E-state index in [1.54, 1.807) is 0 Å². The van der Waals surface area contributed by atoms with Crippen molar-refractivity contribution in [2.75, 3.05) is 39.3 Å². The third-order valence-corrected chi connectivity index (χ3v) is 5.86. The topological polar surface area (TPSA) is 32.5 Å². The molecule has 20 heavy (non-hydrogen) atoms. The van der Waals surface area contributed by atoms with Crippen LogP contribution in [0.2, 0.25) is 0 Å². The summed E-state index contributed by atoms with van der Waals surface area (Å²) in [6, 6.07) is 0. The molecule has 3 rings (SSSR count). The minimum Gasteiger partial charge on any atom is -0.329 e. The van der Waals surface area contributed by atoms with E-state index in [9.17, 15) is 0 Å². The Kier molecular flexibility index (Phi) is 4.68. The Labute approximate surface area is 124 Å². The minimum absolute atomic E-state index is 0.315. The largest absolute Gasteiger partial charge is 0.329 e. The molecule has 1 heterocycles. The first-order valence-electron chi connectivity index (χ1n) is 8.93. The maximum Gasteiger partial charge on any atom is 0.0344 e. The molecule has 2 aliphatic carbocycles. The molecule has 2 saturated carbocycles. The summed E-state index contributed by atoms with van der Waals surface area (Å²) in [5, 5.41) is 0. The Morgan fingerprint density at radius 3 is 2.20 bits per heavy atom. The van der Waals surface area contributed by atoms with Crippen LogP contribution in [0.15, 0.2) is 0 Å². The SMILES string of the molecule is CCN1CCCC(CN)(N(CC2CC2)CC2CC2)CC1. The molecule has 1 aliphatic heterocycles. The first-order chi connectivity index (χ1) is 9.75. The Bertz CT molecular complexity index is 297. The van der Waals surface area contributed by atoms with Crippen LogP contribution in [0.25, 0.3) is 0 Å². The Hall–Kier alpha value is -0.120. The summed E-state index contributed by atoms with van der Waals surface area (Å²) in [5.74, 6) is 1.98. The maximum absolute atomic E-state index is 6.33. The average Bonchev–Trinajstić information content (AvgIpc) is 3.33. The van der Waals surface area contributed by atoms with E-state index in [4.69, 9.17) is 5.73 Å². The van der Waals surface area contributed by atoms with E-state index in [0.717, 1.165) is 18.4 Å². The number of rotatable bonds is 7. The molecule has 0 aromatic carbocycles. The van der Waals surface area contributed by atoms with Crippen molar-refractivity contribution in [1.82, 2.24) is 9.80 Å². The van der Waals surface area contributed by atoms with Gasteiger partial charge in [-0.25, -0.2) is 0 Å². The molecule has 1 unspecified atom stereocenters. The van der Waals surface area contributed by atoms with Gasteiger partial charge in [-0.05, 0) is 76.4 Å². The number of nitrogens with zero attached hydrogens (tertiary/aromatic N) is 2. The van der Waals surface area contributed by atoms with Crippen molar-refractivity contribution < 1.29 is 0 Å². The van der Waals surface area contributed by atoms with E-state index in [-0.39, 0.29) is 0 Å².